The summed E-state index contributed by atoms with van der Waals surface area (Å²) < 4.78 is 1.51. The second-order valence-corrected chi connectivity index (χ2v) is 9.20. The van der Waals surface area contributed by atoms with Gasteiger partial charge in [0.15, 0.2) is 0 Å². The molecule has 0 radical (unpaired) electrons. The summed E-state index contributed by atoms with van der Waals surface area (Å²) >= 11 is 12.4. The quantitative estimate of drug-likeness (QED) is 0.713. The molecule has 1 aromatic carbocycles. The predicted octanol–water partition coefficient (Wildman–Crippen LogP) is 4.67. The zero-order valence-electron chi connectivity index (χ0n) is 16.6. The standard InChI is InChI=1S/C22H22Cl2N4O/c1-12-7-8-18(25-12)22(3)14-10-27(11-15(14)22)19-9-20(29)28(13(2)26-19)17-6-4-5-16(23)21(17)24/h4-7,9,14-15H,8,10-11H2,1-3H3. The van der Waals surface area contributed by atoms with Crippen LogP contribution in [-0.4, -0.2) is 28.4 Å². The van der Waals surface area contributed by atoms with Gasteiger partial charge in [-0.25, -0.2) is 4.98 Å². The third-order valence-electron chi connectivity index (χ3n) is 6.84. The first kappa shape index (κ1) is 18.9. The van der Waals surface area contributed by atoms with E-state index in [0.29, 0.717) is 33.4 Å². The number of halogens is 2. The molecule has 1 aliphatic carbocycles. The van der Waals surface area contributed by atoms with Crippen LogP contribution < -0.4 is 10.5 Å². The Kier molecular flexibility index (Phi) is 4.20. The molecule has 3 aliphatic rings. The van der Waals surface area contributed by atoms with Crippen molar-refractivity contribution < 1.29 is 0 Å². The Morgan fingerprint density at radius 3 is 2.52 bits per heavy atom. The van der Waals surface area contributed by atoms with E-state index in [1.165, 1.54) is 10.3 Å². The van der Waals surface area contributed by atoms with Crippen LogP contribution in [0.15, 0.2) is 45.8 Å². The van der Waals surface area contributed by atoms with E-state index < -0.39 is 0 Å². The first-order valence-electron chi connectivity index (χ1n) is 9.85. The lowest BCUT2D eigenvalue weighted by atomic mass is 9.94. The molecular weight excluding hydrogens is 407 g/mol. The Morgan fingerprint density at radius 1 is 1.17 bits per heavy atom. The summed E-state index contributed by atoms with van der Waals surface area (Å²) in [4.78, 5) is 24.6. The summed E-state index contributed by atoms with van der Waals surface area (Å²) in [5.41, 5.74) is 3.05. The zero-order valence-corrected chi connectivity index (χ0v) is 18.1. The summed E-state index contributed by atoms with van der Waals surface area (Å²) in [6.45, 7) is 8.04. The lowest BCUT2D eigenvalue weighted by molar-refractivity contribution is 0.587. The molecule has 5 nitrogen and oxygen atoms in total. The molecule has 1 aromatic heterocycles. The number of piperidine rings is 1. The number of anilines is 1. The fourth-order valence-corrected chi connectivity index (χ4v) is 5.47. The molecule has 5 rings (SSSR count). The maximum Gasteiger partial charge on any atom is 0.260 e. The first-order valence-corrected chi connectivity index (χ1v) is 10.6. The molecule has 1 saturated carbocycles. The largest absolute Gasteiger partial charge is 0.356 e. The first-order chi connectivity index (χ1) is 13.8. The molecule has 2 aromatic rings. The van der Waals surface area contributed by atoms with Crippen molar-refractivity contribution in [2.75, 3.05) is 18.0 Å². The summed E-state index contributed by atoms with van der Waals surface area (Å²) in [6, 6.07) is 6.86. The maximum absolute atomic E-state index is 12.9. The van der Waals surface area contributed by atoms with Gasteiger partial charge in [-0.2, -0.15) is 0 Å². The van der Waals surface area contributed by atoms with E-state index in [1.807, 2.05) is 6.92 Å². The van der Waals surface area contributed by atoms with E-state index in [-0.39, 0.29) is 11.0 Å². The number of hydrogen-bond acceptors (Lipinski definition) is 4. The summed E-state index contributed by atoms with van der Waals surface area (Å²) in [7, 11) is 0. The highest BCUT2D eigenvalue weighted by atomic mass is 35.5. The van der Waals surface area contributed by atoms with Crippen LogP contribution in [0.3, 0.4) is 0 Å². The average molecular weight is 429 g/mol. The highest BCUT2D eigenvalue weighted by molar-refractivity contribution is 6.43. The molecule has 0 bridgehead atoms. The SMILES string of the molecule is CC1=CCC(C2(C)C3CN(c4cc(=O)n(-c5cccc(Cl)c5Cl)c(C)n4)CC32)=N1. The minimum absolute atomic E-state index is 0.153. The van der Waals surface area contributed by atoms with Crippen molar-refractivity contribution in [3.63, 3.8) is 0 Å². The van der Waals surface area contributed by atoms with E-state index in [0.717, 1.165) is 31.0 Å². The van der Waals surface area contributed by atoms with Gasteiger partial charge in [0.2, 0.25) is 0 Å². The number of aliphatic imine (C=N–C) groups is 1. The van der Waals surface area contributed by atoms with Crippen molar-refractivity contribution in [2.24, 2.45) is 22.2 Å². The van der Waals surface area contributed by atoms with Gasteiger partial charge >= 0.3 is 0 Å². The number of hydrogen-bond donors (Lipinski definition) is 0. The van der Waals surface area contributed by atoms with Crippen LogP contribution in [0.2, 0.25) is 10.0 Å². The van der Waals surface area contributed by atoms with Crippen LogP contribution in [0.25, 0.3) is 5.69 Å². The van der Waals surface area contributed by atoms with Crippen LogP contribution in [-0.2, 0) is 0 Å². The molecule has 150 valence electrons. The van der Waals surface area contributed by atoms with Crippen molar-refractivity contribution >= 4 is 34.7 Å². The van der Waals surface area contributed by atoms with Crippen LogP contribution >= 0.6 is 23.2 Å². The monoisotopic (exact) mass is 428 g/mol. The Morgan fingerprint density at radius 2 is 1.90 bits per heavy atom. The topological polar surface area (TPSA) is 50.5 Å². The Bertz CT molecular complexity index is 1140. The number of fused-ring (bicyclic) bond motifs is 1. The molecule has 0 N–H and O–H groups in total. The lowest BCUT2D eigenvalue weighted by Gasteiger charge is -2.26. The number of rotatable bonds is 3. The highest BCUT2D eigenvalue weighted by Crippen LogP contribution is 2.64. The third-order valence-corrected chi connectivity index (χ3v) is 7.65. The fraction of sp³-hybridized carbons (Fsp3) is 0.409. The number of allylic oxidation sites excluding steroid dienone is 2. The second-order valence-electron chi connectivity index (χ2n) is 8.42. The Hall–Kier alpha value is -2.11. The van der Waals surface area contributed by atoms with Gasteiger partial charge in [0.1, 0.15) is 11.6 Å². The molecule has 2 unspecified atom stereocenters. The lowest BCUT2D eigenvalue weighted by Crippen LogP contribution is -2.33. The number of aromatic nitrogens is 2. The van der Waals surface area contributed by atoms with Gasteiger partial charge in [-0.3, -0.25) is 14.4 Å². The number of aryl methyl sites for hydroxylation is 1. The number of benzene rings is 1. The van der Waals surface area contributed by atoms with Crippen LogP contribution in [0.4, 0.5) is 5.82 Å². The molecule has 1 saturated heterocycles. The molecule has 2 atom stereocenters. The van der Waals surface area contributed by atoms with Gasteiger partial charge in [-0.1, -0.05) is 42.3 Å². The van der Waals surface area contributed by atoms with Crippen molar-refractivity contribution in [1.29, 1.82) is 0 Å². The highest BCUT2D eigenvalue weighted by Gasteiger charge is 2.67. The number of nitrogens with zero attached hydrogens (tertiary/aromatic N) is 4. The molecule has 7 heteroatoms. The summed E-state index contributed by atoms with van der Waals surface area (Å²) in [5.74, 6) is 2.49. The minimum atomic E-state index is -0.153. The van der Waals surface area contributed by atoms with Gasteiger partial charge < -0.3 is 4.90 Å². The third kappa shape index (κ3) is 2.78. The normalized spacial score (nSPS) is 27.7. The summed E-state index contributed by atoms with van der Waals surface area (Å²) in [5, 5.41) is 0.770. The summed E-state index contributed by atoms with van der Waals surface area (Å²) in [6.07, 6.45) is 3.18. The molecule has 0 spiro atoms. The van der Waals surface area contributed by atoms with E-state index in [4.69, 9.17) is 33.2 Å². The van der Waals surface area contributed by atoms with E-state index in [9.17, 15) is 4.79 Å². The molecule has 2 fully saturated rings. The molecule has 0 amide bonds. The second kappa shape index (κ2) is 6.44. The predicted molar refractivity (Wildman–Crippen MR) is 118 cm³/mol. The van der Waals surface area contributed by atoms with Crippen molar-refractivity contribution in [3.8, 4) is 5.69 Å². The van der Waals surface area contributed by atoms with Gasteiger partial charge in [0.25, 0.3) is 5.56 Å². The Balaban J connectivity index is 1.40. The smallest absolute Gasteiger partial charge is 0.260 e. The zero-order chi connectivity index (χ0) is 20.5. The van der Waals surface area contributed by atoms with Gasteiger partial charge in [0, 0.05) is 42.4 Å². The van der Waals surface area contributed by atoms with Gasteiger partial charge in [-0.05, 0) is 37.8 Å². The van der Waals surface area contributed by atoms with Crippen molar-refractivity contribution in [3.05, 3.63) is 62.3 Å². The molecular formula is C22H22Cl2N4O. The van der Waals surface area contributed by atoms with Gasteiger partial charge in [-0.15, -0.1) is 0 Å². The van der Waals surface area contributed by atoms with E-state index >= 15 is 0 Å². The average Bonchev–Trinajstić information content (AvgIpc) is 3.07. The molecule has 3 heterocycles. The minimum Gasteiger partial charge on any atom is -0.356 e. The van der Waals surface area contributed by atoms with Crippen molar-refractivity contribution in [2.45, 2.75) is 27.2 Å². The van der Waals surface area contributed by atoms with Crippen LogP contribution in [0.5, 0.6) is 0 Å². The molecule has 2 aliphatic heterocycles. The van der Waals surface area contributed by atoms with Crippen molar-refractivity contribution in [1.82, 2.24) is 9.55 Å². The van der Waals surface area contributed by atoms with E-state index in [1.54, 1.807) is 24.3 Å². The van der Waals surface area contributed by atoms with Gasteiger partial charge in [0.05, 0.1) is 15.7 Å². The Labute approximate surface area is 179 Å². The van der Waals surface area contributed by atoms with Crippen LogP contribution in [0.1, 0.15) is 26.1 Å². The molecule has 29 heavy (non-hydrogen) atoms. The van der Waals surface area contributed by atoms with E-state index in [2.05, 4.69) is 24.8 Å². The fourth-order valence-electron chi connectivity index (χ4n) is 5.09. The van der Waals surface area contributed by atoms with Crippen LogP contribution in [0, 0.1) is 24.2 Å². The maximum atomic E-state index is 12.9.